The zero-order valence-corrected chi connectivity index (χ0v) is 15.6. The first-order valence-electron chi connectivity index (χ1n) is 8.77. The summed E-state index contributed by atoms with van der Waals surface area (Å²) in [6.07, 6.45) is 1.47. The third-order valence-electron chi connectivity index (χ3n) is 4.44. The molecule has 1 aromatic carbocycles. The van der Waals surface area contributed by atoms with Crippen molar-refractivity contribution in [3.63, 3.8) is 0 Å². The summed E-state index contributed by atoms with van der Waals surface area (Å²) in [6, 6.07) is 6.94. The van der Waals surface area contributed by atoms with Gasteiger partial charge in [-0.3, -0.25) is 0 Å². The number of nitrogens with zero attached hydrogens (tertiary/aromatic N) is 4. The molecule has 9 heteroatoms. The van der Waals surface area contributed by atoms with Crippen LogP contribution in [-0.2, 0) is 4.74 Å². The largest absolute Gasteiger partial charge is 0.502 e. The molecule has 0 amide bonds. The number of hydrogen-bond donors (Lipinski definition) is 1. The number of rotatable bonds is 5. The van der Waals surface area contributed by atoms with Crippen molar-refractivity contribution in [1.82, 2.24) is 15.0 Å². The molecule has 0 bridgehead atoms. The van der Waals surface area contributed by atoms with Gasteiger partial charge in [0.25, 0.3) is 0 Å². The van der Waals surface area contributed by atoms with Gasteiger partial charge in [-0.05, 0) is 24.3 Å². The molecular weight excluding hydrogens is 364 g/mol. The minimum absolute atomic E-state index is 0.0619. The highest BCUT2D eigenvalue weighted by molar-refractivity contribution is 5.69. The number of ether oxygens (including phenoxy) is 3. The van der Waals surface area contributed by atoms with Crippen LogP contribution in [0.15, 0.2) is 35.0 Å². The van der Waals surface area contributed by atoms with E-state index in [1.54, 1.807) is 24.3 Å². The minimum Gasteiger partial charge on any atom is -0.502 e. The number of methoxy groups -OCH3 is 2. The summed E-state index contributed by atoms with van der Waals surface area (Å²) in [5.41, 5.74) is 0.695. The molecule has 0 spiro atoms. The number of anilines is 1. The molecule has 1 saturated heterocycles. The van der Waals surface area contributed by atoms with Crippen molar-refractivity contribution in [3.05, 3.63) is 30.6 Å². The smallest absolute Gasteiger partial charge is 0.229 e. The molecule has 9 nitrogen and oxygen atoms in total. The normalized spacial score (nSPS) is 14.1. The number of aromatic hydroxyl groups is 1. The second kappa shape index (κ2) is 7.73. The minimum atomic E-state index is -0.0619. The monoisotopic (exact) mass is 384 g/mol. The highest BCUT2D eigenvalue weighted by atomic mass is 16.5. The van der Waals surface area contributed by atoms with Crippen molar-refractivity contribution in [2.75, 3.05) is 45.4 Å². The first kappa shape index (κ1) is 18.1. The van der Waals surface area contributed by atoms with Gasteiger partial charge in [-0.1, -0.05) is 0 Å². The van der Waals surface area contributed by atoms with E-state index in [9.17, 15) is 5.11 Å². The summed E-state index contributed by atoms with van der Waals surface area (Å²) >= 11 is 0. The zero-order valence-electron chi connectivity index (χ0n) is 15.6. The molecule has 146 valence electrons. The Morgan fingerprint density at radius 2 is 1.68 bits per heavy atom. The summed E-state index contributed by atoms with van der Waals surface area (Å²) in [5, 5.41) is 10.1. The van der Waals surface area contributed by atoms with Crippen LogP contribution in [0.1, 0.15) is 0 Å². The number of aromatic nitrogens is 3. The van der Waals surface area contributed by atoms with Crippen LogP contribution in [0.3, 0.4) is 0 Å². The zero-order chi connectivity index (χ0) is 19.5. The van der Waals surface area contributed by atoms with Crippen molar-refractivity contribution in [2.24, 2.45) is 0 Å². The lowest BCUT2D eigenvalue weighted by Gasteiger charge is -2.26. The van der Waals surface area contributed by atoms with Gasteiger partial charge in [0.2, 0.25) is 17.5 Å². The maximum atomic E-state index is 10.1. The number of furan rings is 1. The molecule has 1 aliphatic rings. The summed E-state index contributed by atoms with van der Waals surface area (Å²) < 4.78 is 21.7. The molecule has 28 heavy (non-hydrogen) atoms. The Morgan fingerprint density at radius 3 is 2.36 bits per heavy atom. The Balaban J connectivity index is 1.65. The summed E-state index contributed by atoms with van der Waals surface area (Å²) in [5.74, 6) is 2.65. The van der Waals surface area contributed by atoms with Gasteiger partial charge in [0.1, 0.15) is 12.1 Å². The fraction of sp³-hybridized carbons (Fsp3) is 0.316. The van der Waals surface area contributed by atoms with Crippen molar-refractivity contribution in [3.8, 4) is 40.2 Å². The van der Waals surface area contributed by atoms with Crippen LogP contribution in [0.4, 0.5) is 5.95 Å². The van der Waals surface area contributed by atoms with Gasteiger partial charge in [-0.15, -0.1) is 0 Å². The Morgan fingerprint density at radius 1 is 1.00 bits per heavy atom. The van der Waals surface area contributed by atoms with Gasteiger partial charge in [0.05, 0.1) is 27.4 Å². The van der Waals surface area contributed by atoms with E-state index in [0.29, 0.717) is 53.6 Å². The number of phenols is 1. The Hall–Kier alpha value is -3.33. The van der Waals surface area contributed by atoms with E-state index in [2.05, 4.69) is 15.0 Å². The van der Waals surface area contributed by atoms with Crippen LogP contribution in [-0.4, -0.2) is 60.6 Å². The van der Waals surface area contributed by atoms with Gasteiger partial charge in [-0.25, -0.2) is 9.97 Å². The predicted octanol–water partition coefficient (Wildman–Crippen LogP) is 2.36. The average molecular weight is 384 g/mol. The van der Waals surface area contributed by atoms with Gasteiger partial charge in [0, 0.05) is 18.7 Å². The highest BCUT2D eigenvalue weighted by Gasteiger charge is 2.18. The first-order chi connectivity index (χ1) is 13.7. The van der Waals surface area contributed by atoms with Crippen LogP contribution in [0, 0.1) is 0 Å². The van der Waals surface area contributed by atoms with Crippen molar-refractivity contribution in [1.29, 1.82) is 0 Å². The van der Waals surface area contributed by atoms with Gasteiger partial charge in [-0.2, -0.15) is 4.98 Å². The van der Waals surface area contributed by atoms with Crippen molar-refractivity contribution in [2.45, 2.75) is 0 Å². The molecule has 0 unspecified atom stereocenters. The molecule has 3 aromatic rings. The number of morpholine rings is 1. The molecule has 0 saturated carbocycles. The van der Waals surface area contributed by atoms with Crippen LogP contribution in [0.2, 0.25) is 0 Å². The Bertz CT molecular complexity index is 943. The molecule has 4 rings (SSSR count). The van der Waals surface area contributed by atoms with Crippen LogP contribution >= 0.6 is 0 Å². The summed E-state index contributed by atoms with van der Waals surface area (Å²) in [7, 11) is 2.95. The lowest BCUT2D eigenvalue weighted by Crippen LogP contribution is -2.37. The SMILES string of the molecule is COc1cc(-c2ccc(-c3ncnc(N4CCOCC4)n3)o2)cc(OC)c1O. The lowest BCUT2D eigenvalue weighted by molar-refractivity contribution is 0.122. The molecule has 0 atom stereocenters. The van der Waals surface area contributed by atoms with Crippen LogP contribution < -0.4 is 14.4 Å². The van der Waals surface area contributed by atoms with E-state index < -0.39 is 0 Å². The quantitative estimate of drug-likeness (QED) is 0.710. The Kier molecular flexibility index (Phi) is 4.98. The molecule has 3 heterocycles. The lowest BCUT2D eigenvalue weighted by atomic mass is 10.1. The van der Waals surface area contributed by atoms with E-state index in [1.807, 2.05) is 4.90 Å². The average Bonchev–Trinajstić information content (AvgIpc) is 3.25. The molecule has 1 N–H and O–H groups in total. The number of benzene rings is 1. The third-order valence-corrected chi connectivity index (χ3v) is 4.44. The first-order valence-corrected chi connectivity index (χ1v) is 8.77. The van der Waals surface area contributed by atoms with Gasteiger partial charge >= 0.3 is 0 Å². The molecule has 2 aromatic heterocycles. The second-order valence-corrected chi connectivity index (χ2v) is 6.10. The maximum absolute atomic E-state index is 10.1. The number of hydrogen-bond acceptors (Lipinski definition) is 9. The standard InChI is InChI=1S/C19H20N4O5/c1-25-15-9-12(10-16(26-2)17(15)24)13-3-4-14(28-13)18-20-11-21-19(22-18)23-5-7-27-8-6-23/h3-4,9-11,24H,5-8H2,1-2H3. The fourth-order valence-electron chi connectivity index (χ4n) is 2.97. The van der Waals surface area contributed by atoms with Crippen LogP contribution in [0.25, 0.3) is 22.9 Å². The topological polar surface area (TPSA) is 103 Å². The molecule has 1 fully saturated rings. The van der Waals surface area contributed by atoms with E-state index in [1.165, 1.54) is 20.5 Å². The van der Waals surface area contributed by atoms with E-state index in [0.717, 1.165) is 13.1 Å². The highest BCUT2D eigenvalue weighted by Crippen LogP contribution is 2.41. The fourth-order valence-corrected chi connectivity index (χ4v) is 2.97. The summed E-state index contributed by atoms with van der Waals surface area (Å²) in [6.45, 7) is 2.77. The van der Waals surface area contributed by atoms with E-state index in [4.69, 9.17) is 18.6 Å². The molecule has 1 aliphatic heterocycles. The van der Waals surface area contributed by atoms with Gasteiger partial charge in [0.15, 0.2) is 17.3 Å². The summed E-state index contributed by atoms with van der Waals surface area (Å²) in [4.78, 5) is 15.1. The van der Waals surface area contributed by atoms with Crippen molar-refractivity contribution < 1.29 is 23.7 Å². The molecule has 0 radical (unpaired) electrons. The Labute approximate surface area is 161 Å². The third kappa shape index (κ3) is 3.44. The second-order valence-electron chi connectivity index (χ2n) is 6.10. The van der Waals surface area contributed by atoms with Crippen LogP contribution in [0.5, 0.6) is 17.2 Å². The van der Waals surface area contributed by atoms with Gasteiger partial charge < -0.3 is 28.6 Å². The maximum Gasteiger partial charge on any atom is 0.229 e. The molecule has 0 aliphatic carbocycles. The molecular formula is C19H20N4O5. The number of phenolic OH excluding ortho intramolecular Hbond substituents is 1. The van der Waals surface area contributed by atoms with E-state index in [-0.39, 0.29) is 5.75 Å². The predicted molar refractivity (Wildman–Crippen MR) is 101 cm³/mol. The van der Waals surface area contributed by atoms with Crippen molar-refractivity contribution >= 4 is 5.95 Å². The van der Waals surface area contributed by atoms with E-state index >= 15 is 0 Å².